The minimum atomic E-state index is -1.15. The number of amides is 1. The number of ether oxygens (including phenoxy) is 1. The van der Waals surface area contributed by atoms with Gasteiger partial charge in [-0.05, 0) is 29.8 Å². The Morgan fingerprint density at radius 2 is 1.68 bits per heavy atom. The van der Waals surface area contributed by atoms with Crippen LogP contribution in [0.3, 0.4) is 0 Å². The number of rotatable bonds is 6. The average molecular weight is 423 g/mol. The van der Waals surface area contributed by atoms with Crippen LogP contribution < -0.4 is 4.74 Å². The number of aromatic carboxylic acids is 1. The van der Waals surface area contributed by atoms with E-state index in [1.807, 2.05) is 24.3 Å². The predicted octanol–water partition coefficient (Wildman–Crippen LogP) is 3.41. The molecular weight excluding hydrogens is 403 g/mol. The van der Waals surface area contributed by atoms with E-state index in [0.29, 0.717) is 18.1 Å². The van der Waals surface area contributed by atoms with E-state index < -0.39 is 5.97 Å². The van der Waals surface area contributed by atoms with E-state index in [0.717, 1.165) is 19.6 Å². The van der Waals surface area contributed by atoms with Gasteiger partial charge in [-0.2, -0.15) is 0 Å². The molecule has 0 unspecified atom stereocenters. The van der Waals surface area contributed by atoms with Gasteiger partial charge in [0.15, 0.2) is 12.4 Å². The van der Waals surface area contributed by atoms with Gasteiger partial charge in [0.2, 0.25) is 0 Å². The van der Waals surface area contributed by atoms with Crippen LogP contribution in [0.5, 0.6) is 5.75 Å². The molecule has 2 aromatic carbocycles. The summed E-state index contributed by atoms with van der Waals surface area (Å²) < 4.78 is 5.45. The molecule has 1 amide bonds. The SMILES string of the molecule is O=C(O)c1cccc(Cl)c1OCC(=O)N1CCN(Cc2ccc(Cl)cc2)CC1. The third-order valence-electron chi connectivity index (χ3n) is 4.58. The summed E-state index contributed by atoms with van der Waals surface area (Å²) in [6.45, 7) is 3.23. The number of hydrogen-bond acceptors (Lipinski definition) is 4. The zero-order chi connectivity index (χ0) is 20.1. The Labute approximate surface area is 173 Å². The first kappa shape index (κ1) is 20.5. The maximum absolute atomic E-state index is 12.4. The lowest BCUT2D eigenvalue weighted by atomic mass is 10.2. The van der Waals surface area contributed by atoms with Gasteiger partial charge >= 0.3 is 5.97 Å². The van der Waals surface area contributed by atoms with Crippen molar-refractivity contribution in [3.63, 3.8) is 0 Å². The molecule has 1 aliphatic rings. The third-order valence-corrected chi connectivity index (χ3v) is 5.13. The van der Waals surface area contributed by atoms with Crippen molar-refractivity contribution in [3.05, 3.63) is 63.6 Å². The fourth-order valence-corrected chi connectivity index (χ4v) is 3.41. The Bertz CT molecular complexity index is 850. The van der Waals surface area contributed by atoms with Gasteiger partial charge in [-0.25, -0.2) is 4.79 Å². The lowest BCUT2D eigenvalue weighted by Crippen LogP contribution is -2.49. The van der Waals surface area contributed by atoms with E-state index in [1.54, 1.807) is 4.90 Å². The summed E-state index contributed by atoms with van der Waals surface area (Å²) in [6.07, 6.45) is 0. The lowest BCUT2D eigenvalue weighted by molar-refractivity contribution is -0.135. The number of benzene rings is 2. The summed E-state index contributed by atoms with van der Waals surface area (Å²) in [4.78, 5) is 27.7. The molecule has 0 saturated carbocycles. The molecule has 28 heavy (non-hydrogen) atoms. The van der Waals surface area contributed by atoms with Gasteiger partial charge < -0.3 is 14.7 Å². The highest BCUT2D eigenvalue weighted by Crippen LogP contribution is 2.28. The van der Waals surface area contributed by atoms with Crippen molar-refractivity contribution in [1.82, 2.24) is 9.80 Å². The van der Waals surface area contributed by atoms with Gasteiger partial charge in [0.05, 0.1) is 5.02 Å². The molecule has 1 heterocycles. The summed E-state index contributed by atoms with van der Waals surface area (Å²) in [6, 6.07) is 12.2. The molecule has 1 saturated heterocycles. The average Bonchev–Trinajstić information content (AvgIpc) is 2.69. The van der Waals surface area contributed by atoms with Crippen LogP contribution in [0.2, 0.25) is 10.0 Å². The summed E-state index contributed by atoms with van der Waals surface area (Å²) in [7, 11) is 0. The zero-order valence-electron chi connectivity index (χ0n) is 15.1. The maximum atomic E-state index is 12.4. The fourth-order valence-electron chi connectivity index (χ4n) is 3.05. The standard InChI is InChI=1S/C20H20Cl2N2O4/c21-15-6-4-14(5-7-15)12-23-8-10-24(11-9-23)18(25)13-28-19-16(20(26)27)2-1-3-17(19)22/h1-7H,8-13H2,(H,26,27). The van der Waals surface area contributed by atoms with Crippen LogP contribution in [0, 0.1) is 0 Å². The van der Waals surface area contributed by atoms with Crippen LogP contribution in [0.25, 0.3) is 0 Å². The van der Waals surface area contributed by atoms with E-state index >= 15 is 0 Å². The zero-order valence-corrected chi connectivity index (χ0v) is 16.6. The van der Waals surface area contributed by atoms with E-state index in [-0.39, 0.29) is 28.8 Å². The van der Waals surface area contributed by atoms with E-state index in [2.05, 4.69) is 4.90 Å². The van der Waals surface area contributed by atoms with Crippen LogP contribution in [-0.2, 0) is 11.3 Å². The molecule has 1 aliphatic heterocycles. The Kier molecular flexibility index (Phi) is 6.78. The molecule has 148 valence electrons. The first-order chi connectivity index (χ1) is 13.4. The predicted molar refractivity (Wildman–Crippen MR) is 107 cm³/mol. The fraction of sp³-hybridized carbons (Fsp3) is 0.300. The van der Waals surface area contributed by atoms with Crippen molar-refractivity contribution in [2.45, 2.75) is 6.54 Å². The van der Waals surface area contributed by atoms with Crippen molar-refractivity contribution in [2.24, 2.45) is 0 Å². The van der Waals surface area contributed by atoms with Crippen molar-refractivity contribution in [1.29, 1.82) is 0 Å². The number of hydrogen-bond donors (Lipinski definition) is 1. The highest BCUT2D eigenvalue weighted by atomic mass is 35.5. The number of para-hydroxylation sites is 1. The minimum Gasteiger partial charge on any atom is -0.481 e. The van der Waals surface area contributed by atoms with Crippen LogP contribution in [0.15, 0.2) is 42.5 Å². The number of carboxylic acids is 1. The Hall–Kier alpha value is -2.28. The second-order valence-corrected chi connectivity index (χ2v) is 7.34. The van der Waals surface area contributed by atoms with E-state index in [4.69, 9.17) is 27.9 Å². The van der Waals surface area contributed by atoms with E-state index in [9.17, 15) is 14.7 Å². The number of halogens is 2. The molecule has 2 aromatic rings. The van der Waals surface area contributed by atoms with Crippen LogP contribution in [-0.4, -0.2) is 59.6 Å². The molecule has 3 rings (SSSR count). The largest absolute Gasteiger partial charge is 0.481 e. The number of piperazine rings is 1. The van der Waals surface area contributed by atoms with E-state index in [1.165, 1.54) is 23.8 Å². The van der Waals surface area contributed by atoms with Gasteiger partial charge in [0.1, 0.15) is 5.56 Å². The molecule has 0 aliphatic carbocycles. The van der Waals surface area contributed by atoms with Gasteiger partial charge in [-0.1, -0.05) is 41.4 Å². The molecular formula is C20H20Cl2N2O4. The molecule has 0 radical (unpaired) electrons. The normalized spacial score (nSPS) is 14.7. The molecule has 0 spiro atoms. The topological polar surface area (TPSA) is 70.1 Å². The molecule has 1 N–H and O–H groups in total. The van der Waals surface area contributed by atoms with Crippen LogP contribution >= 0.6 is 23.2 Å². The summed E-state index contributed by atoms with van der Waals surface area (Å²) in [5, 5.41) is 10.1. The summed E-state index contributed by atoms with van der Waals surface area (Å²) >= 11 is 11.9. The molecule has 0 aromatic heterocycles. The van der Waals surface area contributed by atoms with Gasteiger partial charge in [-0.15, -0.1) is 0 Å². The van der Waals surface area contributed by atoms with Crippen molar-refractivity contribution in [2.75, 3.05) is 32.8 Å². The van der Waals surface area contributed by atoms with Gasteiger partial charge in [0, 0.05) is 37.7 Å². The number of carbonyl (C=O) groups is 2. The molecule has 1 fully saturated rings. The quantitative estimate of drug-likeness (QED) is 0.771. The van der Waals surface area contributed by atoms with Crippen LogP contribution in [0.4, 0.5) is 0 Å². The monoisotopic (exact) mass is 422 g/mol. The summed E-state index contributed by atoms with van der Waals surface area (Å²) in [5.41, 5.74) is 1.11. The molecule has 0 atom stereocenters. The van der Waals surface area contributed by atoms with Crippen LogP contribution in [0.1, 0.15) is 15.9 Å². The maximum Gasteiger partial charge on any atom is 0.339 e. The molecule has 6 nitrogen and oxygen atoms in total. The Morgan fingerprint density at radius 3 is 2.32 bits per heavy atom. The first-order valence-electron chi connectivity index (χ1n) is 8.83. The van der Waals surface area contributed by atoms with Crippen molar-refractivity contribution >= 4 is 35.1 Å². The second-order valence-electron chi connectivity index (χ2n) is 6.49. The number of carbonyl (C=O) groups excluding carboxylic acids is 1. The molecule has 8 heteroatoms. The second kappa shape index (κ2) is 9.28. The highest BCUT2D eigenvalue weighted by Gasteiger charge is 2.23. The van der Waals surface area contributed by atoms with Gasteiger partial charge in [-0.3, -0.25) is 9.69 Å². The Morgan fingerprint density at radius 1 is 1.00 bits per heavy atom. The first-order valence-corrected chi connectivity index (χ1v) is 9.59. The van der Waals surface area contributed by atoms with Crippen molar-refractivity contribution < 1.29 is 19.4 Å². The number of nitrogens with zero attached hydrogens (tertiary/aromatic N) is 2. The minimum absolute atomic E-state index is 0.0198. The summed E-state index contributed by atoms with van der Waals surface area (Å²) in [5.74, 6) is -1.32. The Balaban J connectivity index is 1.51. The molecule has 0 bridgehead atoms. The third kappa shape index (κ3) is 5.16. The van der Waals surface area contributed by atoms with Crippen molar-refractivity contribution in [3.8, 4) is 5.75 Å². The highest BCUT2D eigenvalue weighted by molar-refractivity contribution is 6.32. The lowest BCUT2D eigenvalue weighted by Gasteiger charge is -2.34. The van der Waals surface area contributed by atoms with Gasteiger partial charge in [0.25, 0.3) is 5.91 Å². The smallest absolute Gasteiger partial charge is 0.339 e. The number of carboxylic acid groups (broad SMARTS) is 1.